The molecule has 3 N–H and O–H groups in total. The van der Waals surface area contributed by atoms with E-state index in [1.54, 1.807) is 24.4 Å². The number of hydrogen-bond donors (Lipinski definition) is 2. The number of pyridine rings is 2. The molecule has 2 aromatic rings. The van der Waals surface area contributed by atoms with Crippen molar-refractivity contribution in [2.75, 3.05) is 30.3 Å². The van der Waals surface area contributed by atoms with Gasteiger partial charge in [0.1, 0.15) is 17.3 Å². The minimum atomic E-state index is -0.196. The van der Waals surface area contributed by atoms with E-state index in [2.05, 4.69) is 34.0 Å². The van der Waals surface area contributed by atoms with E-state index in [4.69, 9.17) is 5.73 Å². The second-order valence-electron chi connectivity index (χ2n) is 6.36. The summed E-state index contributed by atoms with van der Waals surface area (Å²) in [6, 6.07) is 9.32. The summed E-state index contributed by atoms with van der Waals surface area (Å²) in [6.45, 7) is 7.13. The van der Waals surface area contributed by atoms with Crippen LogP contribution >= 0.6 is 0 Å². The molecule has 6 nitrogen and oxygen atoms in total. The monoisotopic (exact) mass is 325 g/mol. The lowest BCUT2D eigenvalue weighted by atomic mass is 10.0. The third-order valence-electron chi connectivity index (χ3n) is 4.40. The normalized spacial score (nSPS) is 18.0. The highest BCUT2D eigenvalue weighted by Gasteiger charge is 2.26. The predicted octanol–water partition coefficient (Wildman–Crippen LogP) is 1.72. The van der Waals surface area contributed by atoms with Gasteiger partial charge < -0.3 is 16.0 Å². The number of rotatable bonds is 4. The number of nitrogen functional groups attached to an aromatic ring is 1. The van der Waals surface area contributed by atoms with Gasteiger partial charge in [-0.05, 0) is 30.2 Å². The average molecular weight is 325 g/mol. The topological polar surface area (TPSA) is 84.1 Å². The number of carbonyl (C=O) groups is 1. The van der Waals surface area contributed by atoms with Gasteiger partial charge in [-0.15, -0.1) is 0 Å². The van der Waals surface area contributed by atoms with Crippen molar-refractivity contribution in [3.63, 3.8) is 0 Å². The van der Waals surface area contributed by atoms with Crippen molar-refractivity contribution < 1.29 is 4.79 Å². The number of carbonyl (C=O) groups excluding carboxylic acids is 1. The number of anilines is 2. The number of aromatic nitrogens is 2. The van der Waals surface area contributed by atoms with E-state index in [1.807, 2.05) is 12.1 Å². The van der Waals surface area contributed by atoms with Crippen molar-refractivity contribution in [2.45, 2.75) is 19.9 Å². The lowest BCUT2D eigenvalue weighted by Gasteiger charge is -2.39. The molecule has 0 spiro atoms. The van der Waals surface area contributed by atoms with Gasteiger partial charge in [0.2, 0.25) is 5.78 Å². The number of nitrogens with zero attached hydrogens (tertiary/aromatic N) is 3. The molecule has 24 heavy (non-hydrogen) atoms. The van der Waals surface area contributed by atoms with Crippen molar-refractivity contribution in [3.05, 3.63) is 47.8 Å². The first kappa shape index (κ1) is 16.4. The fraction of sp³-hybridized carbons (Fsp3) is 0.389. The highest BCUT2D eigenvalue weighted by atomic mass is 16.1. The molecule has 1 atom stereocenters. The zero-order valence-corrected chi connectivity index (χ0v) is 14.1. The lowest BCUT2D eigenvalue weighted by molar-refractivity contribution is 0.103. The fourth-order valence-electron chi connectivity index (χ4n) is 3.06. The Morgan fingerprint density at radius 1 is 1.33 bits per heavy atom. The smallest absolute Gasteiger partial charge is 0.215 e. The summed E-state index contributed by atoms with van der Waals surface area (Å²) in [5, 5.41) is 3.43. The van der Waals surface area contributed by atoms with Crippen molar-refractivity contribution >= 4 is 17.4 Å². The molecule has 0 bridgehead atoms. The Balaban J connectivity index is 1.91. The highest BCUT2D eigenvalue weighted by molar-refractivity contribution is 6.10. The second-order valence-corrected chi connectivity index (χ2v) is 6.36. The van der Waals surface area contributed by atoms with Gasteiger partial charge in [-0.1, -0.05) is 19.9 Å². The zero-order valence-electron chi connectivity index (χ0n) is 14.1. The number of nitrogens with one attached hydrogen (secondary N) is 1. The molecule has 126 valence electrons. The summed E-state index contributed by atoms with van der Waals surface area (Å²) >= 11 is 0. The Morgan fingerprint density at radius 3 is 2.92 bits per heavy atom. The number of ketones is 1. The molecular weight excluding hydrogens is 302 g/mol. The molecule has 0 aromatic carbocycles. The summed E-state index contributed by atoms with van der Waals surface area (Å²) in [7, 11) is 0. The molecule has 1 aliphatic rings. The highest BCUT2D eigenvalue weighted by Crippen LogP contribution is 2.22. The third kappa shape index (κ3) is 3.23. The Bertz CT molecular complexity index is 731. The molecule has 1 fully saturated rings. The van der Waals surface area contributed by atoms with Gasteiger partial charge in [0.15, 0.2) is 0 Å². The van der Waals surface area contributed by atoms with Gasteiger partial charge in [-0.3, -0.25) is 4.79 Å². The molecule has 1 aliphatic heterocycles. The van der Waals surface area contributed by atoms with Crippen LogP contribution in [0.2, 0.25) is 0 Å². The van der Waals surface area contributed by atoms with Crippen LogP contribution in [0.1, 0.15) is 29.9 Å². The van der Waals surface area contributed by atoms with E-state index in [0.717, 1.165) is 25.5 Å². The number of hydrogen-bond acceptors (Lipinski definition) is 6. The molecular formula is C18H23N5O. The molecule has 0 saturated carbocycles. The van der Waals surface area contributed by atoms with Crippen LogP contribution in [0.5, 0.6) is 0 Å². The van der Waals surface area contributed by atoms with Crippen LogP contribution in [0.3, 0.4) is 0 Å². The minimum Gasteiger partial charge on any atom is -0.383 e. The van der Waals surface area contributed by atoms with Crippen molar-refractivity contribution in [1.29, 1.82) is 0 Å². The van der Waals surface area contributed by atoms with Crippen LogP contribution in [-0.2, 0) is 0 Å². The van der Waals surface area contributed by atoms with Crippen molar-refractivity contribution in [3.8, 4) is 0 Å². The van der Waals surface area contributed by atoms with Crippen LogP contribution < -0.4 is 16.0 Å². The molecule has 0 amide bonds. The Morgan fingerprint density at radius 2 is 2.17 bits per heavy atom. The second kappa shape index (κ2) is 6.97. The SMILES string of the molecule is CC(C)[C@@H]1CNCCN1c1cccc(C(=O)c2cccnc2N)n1. The van der Waals surface area contributed by atoms with E-state index < -0.39 is 0 Å². The Kier molecular flexibility index (Phi) is 4.76. The molecule has 0 aliphatic carbocycles. The lowest BCUT2D eigenvalue weighted by Crippen LogP contribution is -2.54. The van der Waals surface area contributed by atoms with Gasteiger partial charge in [0.05, 0.1) is 5.56 Å². The predicted molar refractivity (Wildman–Crippen MR) is 95.2 cm³/mol. The van der Waals surface area contributed by atoms with E-state index in [-0.39, 0.29) is 11.6 Å². The summed E-state index contributed by atoms with van der Waals surface area (Å²) in [6.07, 6.45) is 1.57. The fourth-order valence-corrected chi connectivity index (χ4v) is 3.06. The molecule has 0 unspecified atom stereocenters. The molecule has 3 heterocycles. The largest absolute Gasteiger partial charge is 0.383 e. The minimum absolute atomic E-state index is 0.196. The summed E-state index contributed by atoms with van der Waals surface area (Å²) in [5.74, 6) is 1.37. The van der Waals surface area contributed by atoms with E-state index >= 15 is 0 Å². The first-order chi connectivity index (χ1) is 11.6. The molecule has 1 saturated heterocycles. The Hall–Kier alpha value is -2.47. The first-order valence-corrected chi connectivity index (χ1v) is 8.27. The van der Waals surface area contributed by atoms with Gasteiger partial charge >= 0.3 is 0 Å². The first-order valence-electron chi connectivity index (χ1n) is 8.27. The molecule has 0 radical (unpaired) electrons. The third-order valence-corrected chi connectivity index (χ3v) is 4.40. The maximum atomic E-state index is 12.7. The van der Waals surface area contributed by atoms with Gasteiger partial charge in [-0.25, -0.2) is 9.97 Å². The van der Waals surface area contributed by atoms with Crippen LogP contribution in [0, 0.1) is 5.92 Å². The van der Waals surface area contributed by atoms with Gasteiger partial charge in [0, 0.05) is 31.9 Å². The number of nitrogens with two attached hydrogens (primary N) is 1. The van der Waals surface area contributed by atoms with Crippen molar-refractivity contribution in [1.82, 2.24) is 15.3 Å². The molecule has 2 aromatic heterocycles. The maximum Gasteiger partial charge on any atom is 0.215 e. The van der Waals surface area contributed by atoms with Crippen LogP contribution in [-0.4, -0.2) is 41.4 Å². The Labute approximate surface area is 142 Å². The quantitative estimate of drug-likeness (QED) is 0.833. The summed E-state index contributed by atoms with van der Waals surface area (Å²) in [4.78, 5) is 23.6. The van der Waals surface area contributed by atoms with E-state index in [9.17, 15) is 4.79 Å². The van der Waals surface area contributed by atoms with E-state index in [0.29, 0.717) is 23.2 Å². The standard InChI is InChI=1S/C18H23N5O/c1-12(2)15-11-20-9-10-23(15)16-7-3-6-14(22-16)17(24)13-5-4-8-21-18(13)19/h3-8,12,15,20H,9-11H2,1-2H3,(H2,19,21)/t15-/m0/s1. The van der Waals surface area contributed by atoms with E-state index in [1.165, 1.54) is 0 Å². The zero-order chi connectivity index (χ0) is 17.1. The van der Waals surface area contributed by atoms with Crippen LogP contribution in [0.15, 0.2) is 36.5 Å². The van der Waals surface area contributed by atoms with Gasteiger partial charge in [0.25, 0.3) is 0 Å². The summed E-state index contributed by atoms with van der Waals surface area (Å²) in [5.41, 5.74) is 6.61. The maximum absolute atomic E-state index is 12.7. The average Bonchev–Trinajstić information content (AvgIpc) is 2.61. The van der Waals surface area contributed by atoms with Gasteiger partial charge in [-0.2, -0.15) is 0 Å². The number of piperazine rings is 1. The van der Waals surface area contributed by atoms with Crippen molar-refractivity contribution in [2.24, 2.45) is 5.92 Å². The summed E-state index contributed by atoms with van der Waals surface area (Å²) < 4.78 is 0. The molecule has 3 rings (SSSR count). The van der Waals surface area contributed by atoms with Crippen LogP contribution in [0.25, 0.3) is 0 Å². The molecule has 6 heteroatoms. The van der Waals surface area contributed by atoms with Crippen LogP contribution in [0.4, 0.5) is 11.6 Å².